The molecule has 4 nitrogen and oxygen atoms in total. The van der Waals surface area contributed by atoms with Gasteiger partial charge in [0.25, 0.3) is 0 Å². The van der Waals surface area contributed by atoms with Crippen LogP contribution in [-0.4, -0.2) is 47.4 Å². The maximum Gasteiger partial charge on any atom is 0.404 e. The molecule has 2 aliphatic carbocycles. The molecule has 1 aromatic rings. The second-order valence-corrected chi connectivity index (χ2v) is 8.86. The molecule has 2 saturated carbocycles. The summed E-state index contributed by atoms with van der Waals surface area (Å²) in [5.74, 6) is -2.20. The minimum absolute atomic E-state index is 0.125. The number of alkyl halides is 3. The van der Waals surface area contributed by atoms with E-state index >= 15 is 0 Å². The molecule has 1 N–H and O–H groups in total. The topological polar surface area (TPSA) is 49.8 Å². The van der Waals surface area contributed by atoms with E-state index in [4.69, 9.17) is 4.74 Å². The number of nitrogens with zero attached hydrogens (tertiary/aromatic N) is 1. The van der Waals surface area contributed by atoms with Gasteiger partial charge in [0.2, 0.25) is 0 Å². The molecule has 0 spiro atoms. The molecule has 4 rings (SSSR count). The quantitative estimate of drug-likeness (QED) is 0.618. The predicted molar refractivity (Wildman–Crippen MR) is 102 cm³/mol. The third-order valence-electron chi connectivity index (χ3n) is 6.63. The van der Waals surface area contributed by atoms with Crippen molar-refractivity contribution < 1.29 is 32.2 Å². The van der Waals surface area contributed by atoms with Crippen LogP contribution in [0.5, 0.6) is 5.75 Å². The number of halogens is 4. The molecule has 0 radical (unpaired) electrons. The molecule has 3 fully saturated rings. The lowest BCUT2D eigenvalue weighted by molar-refractivity contribution is -0.203. The summed E-state index contributed by atoms with van der Waals surface area (Å²) in [5.41, 5.74) is 0.252. The lowest BCUT2D eigenvalue weighted by Crippen LogP contribution is -2.55. The highest BCUT2D eigenvalue weighted by Crippen LogP contribution is 2.46. The number of hydrogen-bond donors (Lipinski definition) is 1. The van der Waals surface area contributed by atoms with E-state index < -0.39 is 35.7 Å². The van der Waals surface area contributed by atoms with E-state index in [-0.39, 0.29) is 24.1 Å². The maximum atomic E-state index is 14.3. The highest BCUT2D eigenvalue weighted by molar-refractivity contribution is 5.88. The SMILES string of the molecule is O=C(O)c1cc(C2CC2)c(OC2CCCN(C(C3CCCC3)C(F)(F)F)C2)cc1F. The van der Waals surface area contributed by atoms with Crippen LogP contribution in [0.2, 0.25) is 0 Å². The van der Waals surface area contributed by atoms with Crippen LogP contribution in [0.15, 0.2) is 12.1 Å². The smallest absolute Gasteiger partial charge is 0.404 e. The fourth-order valence-electron chi connectivity index (χ4n) is 5.09. The van der Waals surface area contributed by atoms with Crippen LogP contribution in [0.25, 0.3) is 0 Å². The molecule has 3 aliphatic rings. The molecular weight excluding hydrogens is 402 g/mol. The summed E-state index contributed by atoms with van der Waals surface area (Å²) in [7, 11) is 0. The van der Waals surface area contributed by atoms with Crippen molar-refractivity contribution in [2.24, 2.45) is 5.92 Å². The van der Waals surface area contributed by atoms with Gasteiger partial charge >= 0.3 is 12.1 Å². The Kier molecular flexibility index (Phi) is 5.97. The Morgan fingerprint density at radius 2 is 1.80 bits per heavy atom. The summed E-state index contributed by atoms with van der Waals surface area (Å²) in [4.78, 5) is 12.8. The number of aromatic carboxylic acids is 1. The molecule has 2 unspecified atom stereocenters. The van der Waals surface area contributed by atoms with Gasteiger partial charge in [0, 0.05) is 12.6 Å². The lowest BCUT2D eigenvalue weighted by Gasteiger charge is -2.41. The minimum Gasteiger partial charge on any atom is -0.489 e. The third-order valence-corrected chi connectivity index (χ3v) is 6.63. The van der Waals surface area contributed by atoms with Crippen molar-refractivity contribution in [1.29, 1.82) is 0 Å². The molecule has 1 aromatic carbocycles. The van der Waals surface area contributed by atoms with Crippen LogP contribution >= 0.6 is 0 Å². The highest BCUT2D eigenvalue weighted by Gasteiger charge is 2.49. The number of ether oxygens (including phenoxy) is 1. The first kappa shape index (κ1) is 21.4. The maximum absolute atomic E-state index is 14.3. The largest absolute Gasteiger partial charge is 0.489 e. The van der Waals surface area contributed by atoms with E-state index in [1.807, 2.05) is 0 Å². The summed E-state index contributed by atoms with van der Waals surface area (Å²) >= 11 is 0. The Balaban J connectivity index is 1.53. The van der Waals surface area contributed by atoms with E-state index in [2.05, 4.69) is 0 Å². The zero-order valence-electron chi connectivity index (χ0n) is 16.8. The molecule has 1 saturated heterocycles. The monoisotopic (exact) mass is 429 g/mol. The first-order chi connectivity index (χ1) is 14.2. The lowest BCUT2D eigenvalue weighted by atomic mass is 9.93. The Labute approximate surface area is 173 Å². The third kappa shape index (κ3) is 4.58. The van der Waals surface area contributed by atoms with Crippen LogP contribution in [-0.2, 0) is 0 Å². The second kappa shape index (κ2) is 8.36. The van der Waals surface area contributed by atoms with Gasteiger partial charge < -0.3 is 9.84 Å². The van der Waals surface area contributed by atoms with Gasteiger partial charge in [-0.25, -0.2) is 9.18 Å². The molecule has 1 aliphatic heterocycles. The number of carboxylic acids is 1. The fourth-order valence-corrected chi connectivity index (χ4v) is 5.09. The average Bonchev–Trinajstić information content (AvgIpc) is 3.37. The van der Waals surface area contributed by atoms with Gasteiger partial charge in [0.15, 0.2) is 0 Å². The van der Waals surface area contributed by atoms with Crippen molar-refractivity contribution in [2.75, 3.05) is 13.1 Å². The fraction of sp³-hybridized carbons (Fsp3) is 0.682. The number of benzene rings is 1. The van der Waals surface area contributed by atoms with Gasteiger partial charge in [-0.05, 0) is 68.5 Å². The molecule has 2 atom stereocenters. The van der Waals surface area contributed by atoms with Crippen LogP contribution in [0.4, 0.5) is 17.6 Å². The van der Waals surface area contributed by atoms with Crippen LogP contribution in [0.3, 0.4) is 0 Å². The van der Waals surface area contributed by atoms with Crippen molar-refractivity contribution in [3.63, 3.8) is 0 Å². The van der Waals surface area contributed by atoms with E-state index in [0.29, 0.717) is 37.8 Å². The minimum atomic E-state index is -4.29. The Morgan fingerprint density at radius 1 is 1.10 bits per heavy atom. The number of likely N-dealkylation sites (tertiary alicyclic amines) is 1. The van der Waals surface area contributed by atoms with Gasteiger partial charge in [-0.3, -0.25) is 4.90 Å². The second-order valence-electron chi connectivity index (χ2n) is 8.86. The van der Waals surface area contributed by atoms with Crippen molar-refractivity contribution in [3.05, 3.63) is 29.1 Å². The van der Waals surface area contributed by atoms with E-state index in [9.17, 15) is 27.5 Å². The number of carboxylic acid groups (broad SMARTS) is 1. The van der Waals surface area contributed by atoms with Crippen molar-refractivity contribution >= 4 is 5.97 Å². The molecule has 8 heteroatoms. The normalized spacial score (nSPS) is 24.7. The van der Waals surface area contributed by atoms with Crippen LogP contribution in [0.1, 0.15) is 73.2 Å². The Bertz CT molecular complexity index is 787. The molecule has 0 bridgehead atoms. The summed E-state index contributed by atoms with van der Waals surface area (Å²) in [5, 5.41) is 9.19. The van der Waals surface area contributed by atoms with E-state index in [1.54, 1.807) is 0 Å². The van der Waals surface area contributed by atoms with Crippen LogP contribution in [0, 0.1) is 11.7 Å². The summed E-state index contributed by atoms with van der Waals surface area (Å²) in [6, 6.07) is 0.955. The standard InChI is InChI=1S/C22H27F4NO3/c23-18-11-19(16(13-7-8-13)10-17(18)21(28)29)30-15-6-3-9-27(12-15)20(22(24,25)26)14-4-1-2-5-14/h10-11,13-15,20H,1-9,12H2,(H,28,29). The number of carbonyl (C=O) groups is 1. The highest BCUT2D eigenvalue weighted by atomic mass is 19.4. The first-order valence-corrected chi connectivity index (χ1v) is 10.8. The van der Waals surface area contributed by atoms with Gasteiger partial charge in [-0.15, -0.1) is 0 Å². The molecule has 0 aromatic heterocycles. The van der Waals surface area contributed by atoms with Gasteiger partial charge in [-0.2, -0.15) is 13.2 Å². The molecule has 0 amide bonds. The summed E-state index contributed by atoms with van der Waals surface area (Å²) in [6.45, 7) is 0.523. The zero-order chi connectivity index (χ0) is 21.5. The van der Waals surface area contributed by atoms with Gasteiger partial charge in [0.05, 0.1) is 5.56 Å². The number of hydrogen-bond acceptors (Lipinski definition) is 3. The molecular formula is C22H27F4NO3. The van der Waals surface area contributed by atoms with Crippen LogP contribution < -0.4 is 4.74 Å². The zero-order valence-corrected chi connectivity index (χ0v) is 16.8. The molecule has 166 valence electrons. The first-order valence-electron chi connectivity index (χ1n) is 10.8. The van der Waals surface area contributed by atoms with E-state index in [1.165, 1.54) is 11.0 Å². The van der Waals surface area contributed by atoms with Crippen molar-refractivity contribution in [3.8, 4) is 5.75 Å². The summed E-state index contributed by atoms with van der Waals surface area (Å²) < 4.78 is 61.9. The van der Waals surface area contributed by atoms with Crippen molar-refractivity contribution in [1.82, 2.24) is 4.90 Å². The summed E-state index contributed by atoms with van der Waals surface area (Å²) in [6.07, 6.45) is 1.03. The van der Waals surface area contributed by atoms with Gasteiger partial charge in [-0.1, -0.05) is 12.8 Å². The number of piperidine rings is 1. The van der Waals surface area contributed by atoms with Crippen molar-refractivity contribution in [2.45, 2.75) is 75.6 Å². The number of rotatable bonds is 6. The van der Waals surface area contributed by atoms with E-state index in [0.717, 1.165) is 31.7 Å². The molecule has 1 heterocycles. The Morgan fingerprint density at radius 3 is 2.40 bits per heavy atom. The van der Waals surface area contributed by atoms with Gasteiger partial charge in [0.1, 0.15) is 23.7 Å². The average molecular weight is 429 g/mol. The predicted octanol–water partition coefficient (Wildman–Crippen LogP) is 5.37. The Hall–Kier alpha value is -1.83. The molecule has 30 heavy (non-hydrogen) atoms.